The van der Waals surface area contributed by atoms with Gasteiger partial charge < -0.3 is 14.6 Å². The Bertz CT molecular complexity index is 505. The second-order valence-corrected chi connectivity index (χ2v) is 4.15. The zero-order chi connectivity index (χ0) is 12.3. The average Bonchev–Trinajstić information content (AvgIpc) is 2.66. The lowest BCUT2D eigenvalue weighted by Gasteiger charge is -2.02. The van der Waals surface area contributed by atoms with Crippen LogP contribution in [0.4, 0.5) is 0 Å². The molecule has 0 aliphatic heterocycles. The van der Waals surface area contributed by atoms with Crippen molar-refractivity contribution in [2.45, 2.75) is 12.8 Å². The highest BCUT2D eigenvalue weighted by molar-refractivity contribution is 5.77. The molecule has 4 nitrogen and oxygen atoms in total. The average molecular weight is 233 g/mol. The molecule has 17 heavy (non-hydrogen) atoms. The van der Waals surface area contributed by atoms with Crippen LogP contribution in [0.3, 0.4) is 0 Å². The van der Waals surface area contributed by atoms with Crippen LogP contribution in [-0.4, -0.2) is 30.3 Å². The highest BCUT2D eigenvalue weighted by atomic mass is 16.5. The SMILES string of the molecule is CNCCCc1nc2cc(OC)ccc2n1C. The number of rotatable bonds is 5. The van der Waals surface area contributed by atoms with Gasteiger partial charge in [0.2, 0.25) is 0 Å². The van der Waals surface area contributed by atoms with E-state index in [9.17, 15) is 0 Å². The normalized spacial score (nSPS) is 11.0. The lowest BCUT2D eigenvalue weighted by Crippen LogP contribution is -2.09. The van der Waals surface area contributed by atoms with Gasteiger partial charge in [0.1, 0.15) is 11.6 Å². The molecule has 1 aromatic carbocycles. The van der Waals surface area contributed by atoms with E-state index in [-0.39, 0.29) is 0 Å². The second kappa shape index (κ2) is 5.19. The fourth-order valence-corrected chi connectivity index (χ4v) is 2.00. The summed E-state index contributed by atoms with van der Waals surface area (Å²) in [4.78, 5) is 4.65. The Labute approximate surface area is 102 Å². The van der Waals surface area contributed by atoms with Gasteiger partial charge in [-0.3, -0.25) is 0 Å². The Hall–Kier alpha value is -1.55. The Kier molecular flexibility index (Phi) is 3.64. The molecule has 1 aromatic heterocycles. The number of fused-ring (bicyclic) bond motifs is 1. The lowest BCUT2D eigenvalue weighted by molar-refractivity contribution is 0.415. The van der Waals surface area contributed by atoms with Crippen LogP contribution in [-0.2, 0) is 13.5 Å². The maximum atomic E-state index is 5.21. The summed E-state index contributed by atoms with van der Waals surface area (Å²) in [5, 5.41) is 3.15. The number of nitrogens with zero attached hydrogens (tertiary/aromatic N) is 2. The van der Waals surface area contributed by atoms with E-state index in [1.165, 1.54) is 0 Å². The molecule has 0 amide bonds. The van der Waals surface area contributed by atoms with Gasteiger partial charge in [0.15, 0.2) is 0 Å². The number of aryl methyl sites for hydroxylation is 2. The third-order valence-electron chi connectivity index (χ3n) is 3.01. The highest BCUT2D eigenvalue weighted by Gasteiger charge is 2.07. The Morgan fingerprint density at radius 1 is 1.41 bits per heavy atom. The molecule has 0 atom stereocenters. The largest absolute Gasteiger partial charge is 0.497 e. The number of ether oxygens (including phenoxy) is 1. The van der Waals surface area contributed by atoms with E-state index in [0.717, 1.165) is 42.0 Å². The van der Waals surface area contributed by atoms with E-state index < -0.39 is 0 Å². The fraction of sp³-hybridized carbons (Fsp3) is 0.462. The van der Waals surface area contributed by atoms with Crippen LogP contribution in [0.5, 0.6) is 5.75 Å². The van der Waals surface area contributed by atoms with Crippen molar-refractivity contribution in [2.75, 3.05) is 20.7 Å². The van der Waals surface area contributed by atoms with E-state index in [4.69, 9.17) is 4.74 Å². The van der Waals surface area contributed by atoms with Crippen molar-refractivity contribution in [3.63, 3.8) is 0 Å². The van der Waals surface area contributed by atoms with Crippen molar-refractivity contribution in [3.05, 3.63) is 24.0 Å². The molecular weight excluding hydrogens is 214 g/mol. The first-order chi connectivity index (χ1) is 8.26. The predicted octanol–water partition coefficient (Wildman–Crippen LogP) is 1.73. The smallest absolute Gasteiger partial charge is 0.121 e. The van der Waals surface area contributed by atoms with Gasteiger partial charge >= 0.3 is 0 Å². The highest BCUT2D eigenvalue weighted by Crippen LogP contribution is 2.21. The third-order valence-corrected chi connectivity index (χ3v) is 3.01. The lowest BCUT2D eigenvalue weighted by atomic mass is 10.3. The zero-order valence-corrected chi connectivity index (χ0v) is 10.7. The van der Waals surface area contributed by atoms with Crippen LogP contribution >= 0.6 is 0 Å². The number of nitrogens with one attached hydrogen (secondary N) is 1. The van der Waals surface area contributed by atoms with Gasteiger partial charge in [0, 0.05) is 19.5 Å². The first-order valence-corrected chi connectivity index (χ1v) is 5.90. The van der Waals surface area contributed by atoms with E-state index in [0.29, 0.717) is 0 Å². The van der Waals surface area contributed by atoms with E-state index in [1.807, 2.05) is 19.2 Å². The minimum Gasteiger partial charge on any atom is -0.497 e. The molecule has 0 saturated heterocycles. The molecule has 0 aliphatic rings. The summed E-state index contributed by atoms with van der Waals surface area (Å²) in [5.41, 5.74) is 2.16. The number of hydrogen-bond acceptors (Lipinski definition) is 3. The van der Waals surface area contributed by atoms with Gasteiger partial charge in [-0.05, 0) is 32.1 Å². The first-order valence-electron chi connectivity index (χ1n) is 5.90. The summed E-state index contributed by atoms with van der Waals surface area (Å²) in [7, 11) is 5.72. The summed E-state index contributed by atoms with van der Waals surface area (Å²) >= 11 is 0. The molecule has 1 N–H and O–H groups in total. The minimum absolute atomic E-state index is 0.859. The van der Waals surface area contributed by atoms with Gasteiger partial charge in [-0.15, -0.1) is 0 Å². The van der Waals surface area contributed by atoms with Crippen LogP contribution in [0, 0.1) is 0 Å². The van der Waals surface area contributed by atoms with Gasteiger partial charge in [0.05, 0.1) is 18.1 Å². The van der Waals surface area contributed by atoms with Crippen molar-refractivity contribution in [3.8, 4) is 5.75 Å². The molecule has 92 valence electrons. The van der Waals surface area contributed by atoms with Crippen molar-refractivity contribution >= 4 is 11.0 Å². The molecule has 2 aromatic rings. The zero-order valence-electron chi connectivity index (χ0n) is 10.7. The topological polar surface area (TPSA) is 39.1 Å². The van der Waals surface area contributed by atoms with Crippen molar-refractivity contribution in [2.24, 2.45) is 7.05 Å². The molecule has 4 heteroatoms. The third kappa shape index (κ3) is 2.42. The maximum Gasteiger partial charge on any atom is 0.121 e. The fourth-order valence-electron chi connectivity index (χ4n) is 2.00. The molecule has 0 unspecified atom stereocenters. The quantitative estimate of drug-likeness (QED) is 0.799. The maximum absolute atomic E-state index is 5.21. The molecular formula is C13H19N3O. The van der Waals surface area contributed by atoms with Crippen molar-refractivity contribution < 1.29 is 4.74 Å². The molecule has 0 spiro atoms. The van der Waals surface area contributed by atoms with Gasteiger partial charge in [-0.2, -0.15) is 0 Å². The summed E-state index contributed by atoms with van der Waals surface area (Å²) in [6.45, 7) is 1.02. The molecule has 0 saturated carbocycles. The van der Waals surface area contributed by atoms with Gasteiger partial charge in [-0.25, -0.2) is 4.98 Å². The molecule has 0 bridgehead atoms. The number of benzene rings is 1. The standard InChI is InChI=1S/C13H19N3O/c1-14-8-4-5-13-15-11-9-10(17-3)6-7-12(11)16(13)2/h6-7,9,14H,4-5,8H2,1-3H3. The van der Waals surface area contributed by atoms with Crippen LogP contribution in [0.25, 0.3) is 11.0 Å². The Balaban J connectivity index is 2.28. The summed E-state index contributed by atoms with van der Waals surface area (Å²) in [6.07, 6.45) is 2.10. The van der Waals surface area contributed by atoms with E-state index in [1.54, 1.807) is 7.11 Å². The monoisotopic (exact) mass is 233 g/mol. The Morgan fingerprint density at radius 2 is 2.24 bits per heavy atom. The van der Waals surface area contributed by atoms with Crippen molar-refractivity contribution in [1.82, 2.24) is 14.9 Å². The molecule has 0 aliphatic carbocycles. The predicted molar refractivity (Wildman–Crippen MR) is 69.5 cm³/mol. The summed E-state index contributed by atoms with van der Waals surface area (Å²) < 4.78 is 7.37. The summed E-state index contributed by atoms with van der Waals surface area (Å²) in [5.74, 6) is 1.99. The van der Waals surface area contributed by atoms with Gasteiger partial charge in [0.25, 0.3) is 0 Å². The van der Waals surface area contributed by atoms with Gasteiger partial charge in [-0.1, -0.05) is 0 Å². The van der Waals surface area contributed by atoms with E-state index >= 15 is 0 Å². The Morgan fingerprint density at radius 3 is 2.94 bits per heavy atom. The molecule has 0 radical (unpaired) electrons. The molecule has 2 rings (SSSR count). The molecule has 0 fully saturated rings. The first kappa shape index (κ1) is 11.9. The van der Waals surface area contributed by atoms with Crippen LogP contribution < -0.4 is 10.1 Å². The number of imidazole rings is 1. The van der Waals surface area contributed by atoms with Crippen LogP contribution in [0.1, 0.15) is 12.2 Å². The number of hydrogen-bond donors (Lipinski definition) is 1. The molecule has 1 heterocycles. The number of methoxy groups -OCH3 is 1. The van der Waals surface area contributed by atoms with E-state index in [2.05, 4.69) is 28.0 Å². The van der Waals surface area contributed by atoms with Crippen molar-refractivity contribution in [1.29, 1.82) is 0 Å². The summed E-state index contributed by atoms with van der Waals surface area (Å²) in [6, 6.07) is 6.01. The minimum atomic E-state index is 0.859. The van der Waals surface area contributed by atoms with Crippen LogP contribution in [0.15, 0.2) is 18.2 Å². The number of aromatic nitrogens is 2. The second-order valence-electron chi connectivity index (χ2n) is 4.15. The van der Waals surface area contributed by atoms with Crippen LogP contribution in [0.2, 0.25) is 0 Å².